The molecule has 0 aromatic rings. The fraction of sp³-hybridized carbons (Fsp3) is 0.588. The highest BCUT2D eigenvalue weighted by molar-refractivity contribution is 8.77. The number of amides is 2. The average molecular weight is 603 g/mol. The summed E-state index contributed by atoms with van der Waals surface area (Å²) in [6, 6.07) is 0. The number of carbonyl (C=O) groups is 2. The lowest BCUT2D eigenvalue weighted by Gasteiger charge is -2.08. The minimum atomic E-state index is 0.0380. The summed E-state index contributed by atoms with van der Waals surface area (Å²) in [5.41, 5.74) is 0. The molecule has 2 amide bonds. The molecule has 0 bridgehead atoms. The van der Waals surface area contributed by atoms with Crippen LogP contribution in [0.4, 0.5) is 0 Å². The third-order valence-electron chi connectivity index (χ3n) is 6.18. The molecule has 1 aliphatic rings. The number of hydrogen-bond acceptors (Lipinski definition) is 5. The Morgan fingerprint density at radius 3 is 1.73 bits per heavy atom. The minimum absolute atomic E-state index is 0.0380. The lowest BCUT2D eigenvalue weighted by atomic mass is 10.1. The van der Waals surface area contributed by atoms with Crippen molar-refractivity contribution in [3.63, 3.8) is 0 Å². The van der Waals surface area contributed by atoms with Crippen molar-refractivity contribution in [2.75, 3.05) is 32.1 Å². The van der Waals surface area contributed by atoms with Gasteiger partial charge in [0.1, 0.15) is 0 Å². The molecule has 1 heterocycles. The Balaban J connectivity index is 1.85. The van der Waals surface area contributed by atoms with Crippen LogP contribution in [0.15, 0.2) is 72.9 Å². The first kappa shape index (κ1) is 37.1. The third kappa shape index (κ3) is 26.7. The van der Waals surface area contributed by atoms with Crippen molar-refractivity contribution in [1.82, 2.24) is 10.6 Å². The monoisotopic (exact) mass is 602 g/mol. The summed E-state index contributed by atoms with van der Waals surface area (Å²) in [5.74, 6) is 1.41. The standard InChI is InChI=1S/C34H54N2O3S2/c1-2-3-4-5-6-7-8-9-10-11-12-13-14-15-16-17-18-19-20-24-33(37)35-27-29-39-30-28-36-34(38)25-22-21-23-32-26-31-40-41-32/h3-4,6-7,9-10,12-13,15-16,18-19,32H,2,5,8,11,14,17,20-31H2,1H3,(H,35,37)(H,36,38)/b4-3-,7-6-,10-9-,13-12-,16-15-,19-18-/t32-/m1/s1. The second-order valence-corrected chi connectivity index (χ2v) is 12.6. The Labute approximate surface area is 258 Å². The zero-order valence-electron chi connectivity index (χ0n) is 25.3. The van der Waals surface area contributed by atoms with E-state index in [-0.39, 0.29) is 11.8 Å². The molecular formula is C34H54N2O3S2. The first-order chi connectivity index (χ1) is 20.2. The Morgan fingerprint density at radius 2 is 1.22 bits per heavy atom. The smallest absolute Gasteiger partial charge is 0.220 e. The van der Waals surface area contributed by atoms with E-state index in [1.165, 1.54) is 18.6 Å². The van der Waals surface area contributed by atoms with Gasteiger partial charge < -0.3 is 15.4 Å². The van der Waals surface area contributed by atoms with Gasteiger partial charge in [0.15, 0.2) is 0 Å². The van der Waals surface area contributed by atoms with Gasteiger partial charge >= 0.3 is 0 Å². The maximum absolute atomic E-state index is 11.9. The molecule has 1 saturated heterocycles. The van der Waals surface area contributed by atoms with Gasteiger partial charge in [0.05, 0.1) is 13.2 Å². The van der Waals surface area contributed by atoms with E-state index in [9.17, 15) is 9.59 Å². The number of nitrogens with one attached hydrogen (secondary N) is 2. The normalized spacial score (nSPS) is 16.1. The summed E-state index contributed by atoms with van der Waals surface area (Å²) in [5, 5.41) is 6.57. The molecule has 1 atom stereocenters. The highest BCUT2D eigenvalue weighted by Crippen LogP contribution is 2.39. The van der Waals surface area contributed by atoms with Crippen molar-refractivity contribution in [2.24, 2.45) is 0 Å². The zero-order chi connectivity index (χ0) is 29.5. The van der Waals surface area contributed by atoms with E-state index in [1.807, 2.05) is 21.6 Å². The predicted octanol–water partition coefficient (Wildman–Crippen LogP) is 8.43. The average Bonchev–Trinajstić information content (AvgIpc) is 3.50. The molecule has 0 aliphatic carbocycles. The Bertz CT molecular complexity index is 828. The first-order valence-electron chi connectivity index (χ1n) is 15.5. The van der Waals surface area contributed by atoms with Gasteiger partial charge in [-0.25, -0.2) is 0 Å². The number of carbonyl (C=O) groups excluding carboxylic acids is 2. The molecule has 2 N–H and O–H groups in total. The molecule has 0 aromatic carbocycles. The summed E-state index contributed by atoms with van der Waals surface area (Å²) in [6.45, 7) is 4.09. The van der Waals surface area contributed by atoms with Gasteiger partial charge in [0.25, 0.3) is 0 Å². The van der Waals surface area contributed by atoms with Gasteiger partial charge in [-0.05, 0) is 64.2 Å². The van der Waals surface area contributed by atoms with Gasteiger partial charge in [-0.3, -0.25) is 9.59 Å². The molecule has 0 spiro atoms. The van der Waals surface area contributed by atoms with E-state index in [4.69, 9.17) is 4.74 Å². The van der Waals surface area contributed by atoms with E-state index in [0.29, 0.717) is 39.1 Å². The molecule has 1 rings (SSSR count). The summed E-state index contributed by atoms with van der Waals surface area (Å²) >= 11 is 0. The quantitative estimate of drug-likeness (QED) is 0.0624. The van der Waals surface area contributed by atoms with E-state index in [0.717, 1.165) is 63.0 Å². The molecule has 230 valence electrons. The molecule has 0 unspecified atom stereocenters. The first-order valence-corrected chi connectivity index (χ1v) is 17.9. The van der Waals surface area contributed by atoms with Crippen LogP contribution in [0, 0.1) is 0 Å². The maximum Gasteiger partial charge on any atom is 0.220 e. The second-order valence-electron chi connectivity index (χ2n) is 9.84. The van der Waals surface area contributed by atoms with E-state index < -0.39 is 0 Å². The number of rotatable bonds is 25. The van der Waals surface area contributed by atoms with Crippen LogP contribution in [0.25, 0.3) is 0 Å². The van der Waals surface area contributed by atoms with Crippen LogP contribution in [-0.2, 0) is 14.3 Å². The van der Waals surface area contributed by atoms with Crippen LogP contribution < -0.4 is 10.6 Å². The largest absolute Gasteiger partial charge is 0.378 e. The van der Waals surface area contributed by atoms with Crippen molar-refractivity contribution in [3.05, 3.63) is 72.9 Å². The van der Waals surface area contributed by atoms with Crippen LogP contribution in [0.5, 0.6) is 0 Å². The Morgan fingerprint density at radius 1 is 0.707 bits per heavy atom. The predicted molar refractivity (Wildman–Crippen MR) is 181 cm³/mol. The van der Waals surface area contributed by atoms with Gasteiger partial charge in [0.2, 0.25) is 11.8 Å². The lowest BCUT2D eigenvalue weighted by Crippen LogP contribution is -2.30. The van der Waals surface area contributed by atoms with Gasteiger partial charge in [-0.15, -0.1) is 0 Å². The molecule has 7 heteroatoms. The number of unbranched alkanes of at least 4 members (excludes halogenated alkanes) is 1. The summed E-state index contributed by atoms with van der Waals surface area (Å²) < 4.78 is 5.50. The summed E-state index contributed by atoms with van der Waals surface area (Å²) in [7, 11) is 3.97. The van der Waals surface area contributed by atoms with Crippen LogP contribution in [0.1, 0.15) is 90.4 Å². The van der Waals surface area contributed by atoms with Crippen LogP contribution in [-0.4, -0.2) is 49.1 Å². The van der Waals surface area contributed by atoms with Crippen molar-refractivity contribution < 1.29 is 14.3 Å². The van der Waals surface area contributed by atoms with Gasteiger partial charge in [-0.1, -0.05) is 108 Å². The Kier molecular flexibility index (Phi) is 26.7. The van der Waals surface area contributed by atoms with Gasteiger partial charge in [-0.2, -0.15) is 0 Å². The van der Waals surface area contributed by atoms with E-state index >= 15 is 0 Å². The maximum atomic E-state index is 11.9. The highest BCUT2D eigenvalue weighted by atomic mass is 33.1. The molecule has 0 saturated carbocycles. The molecule has 1 fully saturated rings. The zero-order valence-corrected chi connectivity index (χ0v) is 26.9. The van der Waals surface area contributed by atoms with Crippen molar-refractivity contribution in [3.8, 4) is 0 Å². The molecule has 1 aliphatic heterocycles. The molecule has 0 radical (unpaired) electrons. The van der Waals surface area contributed by atoms with Crippen LogP contribution in [0.2, 0.25) is 0 Å². The fourth-order valence-corrected chi connectivity index (χ4v) is 6.91. The Hall–Kier alpha value is -1.96. The van der Waals surface area contributed by atoms with E-state index in [1.54, 1.807) is 0 Å². The fourth-order valence-electron chi connectivity index (χ4n) is 3.88. The van der Waals surface area contributed by atoms with Crippen molar-refractivity contribution in [1.29, 1.82) is 0 Å². The molecular weight excluding hydrogens is 549 g/mol. The minimum Gasteiger partial charge on any atom is -0.378 e. The molecule has 0 aromatic heterocycles. The number of hydrogen-bond donors (Lipinski definition) is 2. The summed E-state index contributed by atoms with van der Waals surface area (Å²) in [6.07, 6.45) is 38.5. The van der Waals surface area contributed by atoms with Crippen molar-refractivity contribution >= 4 is 33.4 Å². The van der Waals surface area contributed by atoms with Crippen molar-refractivity contribution in [2.45, 2.75) is 95.6 Å². The van der Waals surface area contributed by atoms with Crippen LogP contribution in [0.3, 0.4) is 0 Å². The van der Waals surface area contributed by atoms with E-state index in [2.05, 4.69) is 90.5 Å². The third-order valence-corrected chi connectivity index (χ3v) is 9.19. The second kappa shape index (κ2) is 29.5. The number of allylic oxidation sites excluding steroid dienone is 12. The lowest BCUT2D eigenvalue weighted by molar-refractivity contribution is -0.121. The topological polar surface area (TPSA) is 67.4 Å². The number of ether oxygens (including phenoxy) is 1. The SMILES string of the molecule is CC/C=C\C/C=C\C/C=C\C/C=C\C/C=C\C/C=C\CCC(=O)NCCOCCNC(=O)CCCC[C@@H]1CCSS1. The highest BCUT2D eigenvalue weighted by Gasteiger charge is 2.15. The van der Waals surface area contributed by atoms with Gasteiger partial charge in [0, 0.05) is 36.9 Å². The van der Waals surface area contributed by atoms with Crippen LogP contribution >= 0.6 is 21.6 Å². The molecule has 41 heavy (non-hydrogen) atoms. The summed E-state index contributed by atoms with van der Waals surface area (Å²) in [4.78, 5) is 23.8. The molecule has 5 nitrogen and oxygen atoms in total.